The molecule has 3 aromatic carbocycles. The fraction of sp³-hybridized carbons (Fsp3) is 0.273. The van der Waals surface area contributed by atoms with Gasteiger partial charge in [0.05, 0.1) is 29.9 Å². The SMILES string of the molecule is [2H]C(C[C@H](O)C[C@H](O)CC(=O)O)n1c(-c2ccc(F)cc2)c(-c2ccccc2)c(C(=O)Nc2ccccc2)c1C(C)C. The Morgan fingerprint density at radius 3 is 2.10 bits per heavy atom. The Hall–Kier alpha value is -4.27. The fourth-order valence-corrected chi connectivity index (χ4v) is 5.01. The van der Waals surface area contributed by atoms with E-state index >= 15 is 0 Å². The van der Waals surface area contributed by atoms with E-state index in [2.05, 4.69) is 5.32 Å². The van der Waals surface area contributed by atoms with Crippen LogP contribution in [0.25, 0.3) is 22.4 Å². The quantitative estimate of drug-likeness (QED) is 0.162. The summed E-state index contributed by atoms with van der Waals surface area (Å²) < 4.78 is 25.0. The highest BCUT2D eigenvalue weighted by atomic mass is 19.1. The third-order valence-electron chi connectivity index (χ3n) is 6.74. The second-order valence-electron chi connectivity index (χ2n) is 10.3. The average Bonchev–Trinajstić information content (AvgIpc) is 3.31. The number of nitrogens with one attached hydrogen (secondary N) is 1. The first-order valence-electron chi connectivity index (χ1n) is 14.1. The number of para-hydroxylation sites is 1. The van der Waals surface area contributed by atoms with Crippen molar-refractivity contribution in [1.82, 2.24) is 4.57 Å². The van der Waals surface area contributed by atoms with Crippen LogP contribution in [-0.4, -0.2) is 44.0 Å². The average molecular weight is 560 g/mol. The van der Waals surface area contributed by atoms with Gasteiger partial charge < -0.3 is 25.2 Å². The number of hydrogen-bond donors (Lipinski definition) is 4. The van der Waals surface area contributed by atoms with Gasteiger partial charge in [0.2, 0.25) is 0 Å². The summed E-state index contributed by atoms with van der Waals surface area (Å²) in [6, 6.07) is 24.1. The Morgan fingerprint density at radius 2 is 1.51 bits per heavy atom. The van der Waals surface area contributed by atoms with Gasteiger partial charge >= 0.3 is 5.97 Å². The van der Waals surface area contributed by atoms with Gasteiger partial charge in [0.15, 0.2) is 0 Å². The number of aliphatic hydroxyl groups is 2. The maximum absolute atomic E-state index is 14.1. The van der Waals surface area contributed by atoms with E-state index < -0.39 is 36.9 Å². The lowest BCUT2D eigenvalue weighted by Crippen LogP contribution is -2.22. The van der Waals surface area contributed by atoms with Crippen molar-refractivity contribution in [2.45, 2.75) is 57.8 Å². The molecule has 0 radical (unpaired) electrons. The van der Waals surface area contributed by atoms with E-state index in [4.69, 9.17) is 5.11 Å². The number of carboxylic acids is 1. The minimum atomic E-state index is -1.28. The molecule has 8 heteroatoms. The molecule has 1 aromatic heterocycles. The Balaban J connectivity index is 1.94. The molecule has 1 heterocycles. The minimum absolute atomic E-state index is 0.146. The summed E-state index contributed by atoms with van der Waals surface area (Å²) in [7, 11) is 0. The number of hydrogen-bond acceptors (Lipinski definition) is 4. The van der Waals surface area contributed by atoms with Gasteiger partial charge in [0.25, 0.3) is 5.91 Å². The van der Waals surface area contributed by atoms with Crippen LogP contribution in [0, 0.1) is 5.82 Å². The number of aromatic nitrogens is 1. The van der Waals surface area contributed by atoms with Crippen molar-refractivity contribution in [2.75, 3.05) is 5.32 Å². The summed E-state index contributed by atoms with van der Waals surface area (Å²) >= 11 is 0. The molecule has 4 rings (SSSR count). The molecule has 4 aromatic rings. The van der Waals surface area contributed by atoms with Gasteiger partial charge in [-0.05, 0) is 66.3 Å². The molecule has 0 fully saturated rings. The van der Waals surface area contributed by atoms with Crippen LogP contribution in [0.4, 0.5) is 10.1 Å². The van der Waals surface area contributed by atoms with Crippen LogP contribution in [-0.2, 0) is 11.3 Å². The van der Waals surface area contributed by atoms with E-state index in [0.29, 0.717) is 33.8 Å². The predicted molar refractivity (Wildman–Crippen MR) is 157 cm³/mol. The molecule has 7 nitrogen and oxygen atoms in total. The van der Waals surface area contributed by atoms with E-state index in [0.717, 1.165) is 5.56 Å². The molecule has 0 saturated carbocycles. The summed E-state index contributed by atoms with van der Waals surface area (Å²) in [4.78, 5) is 25.1. The van der Waals surface area contributed by atoms with Gasteiger partial charge in [-0.25, -0.2) is 4.39 Å². The zero-order valence-corrected chi connectivity index (χ0v) is 23.0. The Kier molecular flexibility index (Phi) is 9.23. The molecule has 0 aliphatic heterocycles. The van der Waals surface area contributed by atoms with Crippen molar-refractivity contribution in [2.24, 2.45) is 0 Å². The Labute approximate surface area is 240 Å². The van der Waals surface area contributed by atoms with Gasteiger partial charge in [-0.1, -0.05) is 62.4 Å². The first-order valence-corrected chi connectivity index (χ1v) is 13.5. The van der Waals surface area contributed by atoms with Crippen molar-refractivity contribution in [3.05, 3.63) is 102 Å². The number of carbonyl (C=O) groups excluding carboxylic acids is 1. The maximum Gasteiger partial charge on any atom is 0.305 e. The lowest BCUT2D eigenvalue weighted by Gasteiger charge is -2.20. The van der Waals surface area contributed by atoms with Gasteiger partial charge in [0.1, 0.15) is 5.82 Å². The standard InChI is InChI=1S/C33H35FN2O5/c1-21(2)31-30(33(41)35-25-11-7-4-8-12-25)29(22-9-5-3-6-10-22)32(23-13-15-24(34)16-14-23)36(31)18-17-26(37)19-27(38)20-28(39)40/h3-16,21,26-27,37-38H,17-20H2,1-2H3,(H,35,41)(H,39,40)/t26-,27-/m0/s1/i18D/t18?,26-,27-. The molecule has 0 aliphatic rings. The number of nitrogens with zero attached hydrogens (tertiary/aromatic N) is 1. The lowest BCUT2D eigenvalue weighted by molar-refractivity contribution is -0.139. The molecular formula is C33H35FN2O5. The first-order chi connectivity index (χ1) is 20.1. The van der Waals surface area contributed by atoms with Crippen LogP contribution in [0.15, 0.2) is 84.9 Å². The van der Waals surface area contributed by atoms with Crippen molar-refractivity contribution in [1.29, 1.82) is 0 Å². The van der Waals surface area contributed by atoms with Crippen LogP contribution in [0.2, 0.25) is 0 Å². The van der Waals surface area contributed by atoms with E-state index in [1.165, 1.54) is 12.1 Å². The van der Waals surface area contributed by atoms with E-state index in [-0.39, 0.29) is 24.7 Å². The smallest absolute Gasteiger partial charge is 0.305 e. The highest BCUT2D eigenvalue weighted by Gasteiger charge is 2.31. The van der Waals surface area contributed by atoms with Crippen LogP contribution in [0.5, 0.6) is 0 Å². The third kappa shape index (κ3) is 7.28. The number of amides is 1. The number of anilines is 1. The summed E-state index contributed by atoms with van der Waals surface area (Å²) in [5, 5.41) is 32.8. The van der Waals surface area contributed by atoms with Gasteiger partial charge in [0, 0.05) is 24.8 Å². The molecule has 0 bridgehead atoms. The molecule has 4 N–H and O–H groups in total. The Morgan fingerprint density at radius 1 is 0.902 bits per heavy atom. The number of halogens is 1. The number of carboxylic acid groups (broad SMARTS) is 1. The summed E-state index contributed by atoms with van der Waals surface area (Å²) in [5.74, 6) is -2.25. The monoisotopic (exact) mass is 559 g/mol. The van der Waals surface area contributed by atoms with Crippen molar-refractivity contribution < 1.29 is 30.7 Å². The molecule has 3 atom stereocenters. The molecule has 0 saturated heterocycles. The largest absolute Gasteiger partial charge is 0.481 e. The molecular weight excluding hydrogens is 523 g/mol. The fourth-order valence-electron chi connectivity index (χ4n) is 5.01. The number of rotatable bonds is 12. The number of aliphatic hydroxyl groups excluding tert-OH is 2. The zero-order valence-electron chi connectivity index (χ0n) is 24.0. The highest BCUT2D eigenvalue weighted by Crippen LogP contribution is 2.42. The van der Waals surface area contributed by atoms with Gasteiger partial charge in [-0.15, -0.1) is 0 Å². The molecule has 214 valence electrons. The molecule has 1 unspecified atom stereocenters. The number of aliphatic carboxylic acids is 1. The topological polar surface area (TPSA) is 112 Å². The summed E-state index contributed by atoms with van der Waals surface area (Å²) in [5.41, 5.74) is 3.89. The normalized spacial score (nSPS) is 13.9. The van der Waals surface area contributed by atoms with Gasteiger partial charge in [-0.3, -0.25) is 9.59 Å². The maximum atomic E-state index is 14.1. The van der Waals surface area contributed by atoms with Crippen LogP contribution < -0.4 is 5.32 Å². The van der Waals surface area contributed by atoms with Crippen LogP contribution >= 0.6 is 0 Å². The van der Waals surface area contributed by atoms with E-state index in [1.54, 1.807) is 28.8 Å². The molecule has 41 heavy (non-hydrogen) atoms. The van der Waals surface area contributed by atoms with Crippen molar-refractivity contribution in [3.8, 4) is 22.4 Å². The highest BCUT2D eigenvalue weighted by molar-refractivity contribution is 6.12. The van der Waals surface area contributed by atoms with E-state index in [9.17, 15) is 25.6 Å². The van der Waals surface area contributed by atoms with Crippen molar-refractivity contribution >= 4 is 17.6 Å². The van der Waals surface area contributed by atoms with E-state index in [1.807, 2.05) is 62.4 Å². The second kappa shape index (κ2) is 13.4. The summed E-state index contributed by atoms with van der Waals surface area (Å²) in [6.07, 6.45) is -3.36. The summed E-state index contributed by atoms with van der Waals surface area (Å²) in [6.45, 7) is 2.69. The van der Waals surface area contributed by atoms with Crippen LogP contribution in [0.1, 0.15) is 56.5 Å². The predicted octanol–water partition coefficient (Wildman–Crippen LogP) is 6.31. The first kappa shape index (κ1) is 28.3. The Bertz CT molecular complexity index is 1510. The van der Waals surface area contributed by atoms with Gasteiger partial charge in [-0.2, -0.15) is 0 Å². The molecule has 0 aliphatic carbocycles. The molecule has 0 spiro atoms. The number of benzene rings is 3. The lowest BCUT2D eigenvalue weighted by atomic mass is 9.94. The molecule has 1 amide bonds. The zero-order chi connectivity index (χ0) is 30.4. The van der Waals surface area contributed by atoms with Crippen molar-refractivity contribution in [3.63, 3.8) is 0 Å². The second-order valence-corrected chi connectivity index (χ2v) is 10.3. The minimum Gasteiger partial charge on any atom is -0.481 e. The number of carbonyl (C=O) groups is 2. The third-order valence-corrected chi connectivity index (χ3v) is 6.74. The van der Waals surface area contributed by atoms with Crippen LogP contribution in [0.3, 0.4) is 0 Å².